The monoisotopic (exact) mass is 343 g/mol. The zero-order chi connectivity index (χ0) is 16.6. The molecule has 1 aliphatic rings. The zero-order valence-corrected chi connectivity index (χ0v) is 14.3. The molecule has 1 aromatic carbocycles. The number of carbonyl (C=O) groups excluding carboxylic acids is 1. The molecule has 0 spiro atoms. The summed E-state index contributed by atoms with van der Waals surface area (Å²) in [6.45, 7) is 0.703. The van der Waals surface area contributed by atoms with E-state index >= 15 is 0 Å². The molecule has 24 heavy (non-hydrogen) atoms. The van der Waals surface area contributed by atoms with E-state index in [2.05, 4.69) is 26.9 Å². The van der Waals surface area contributed by atoms with Crippen LogP contribution in [0.1, 0.15) is 32.1 Å². The number of allylic oxidation sites excluding steroid dienone is 1. The minimum absolute atomic E-state index is 0.0130. The third-order valence-corrected chi connectivity index (χ3v) is 4.85. The van der Waals surface area contributed by atoms with Crippen LogP contribution in [0.3, 0.4) is 0 Å². The molecule has 0 bridgehead atoms. The Morgan fingerprint density at radius 1 is 1.25 bits per heavy atom. The first-order valence-corrected chi connectivity index (χ1v) is 9.23. The van der Waals surface area contributed by atoms with Gasteiger partial charge in [-0.2, -0.15) is 4.68 Å². The van der Waals surface area contributed by atoms with Gasteiger partial charge in [-0.3, -0.25) is 4.79 Å². The van der Waals surface area contributed by atoms with E-state index < -0.39 is 0 Å². The highest BCUT2D eigenvalue weighted by Crippen LogP contribution is 2.20. The first kappa shape index (κ1) is 16.7. The van der Waals surface area contributed by atoms with Crippen molar-refractivity contribution in [2.24, 2.45) is 0 Å². The first-order valence-electron chi connectivity index (χ1n) is 8.24. The maximum absolute atomic E-state index is 12.0. The number of tetrazole rings is 1. The van der Waals surface area contributed by atoms with E-state index in [0.717, 1.165) is 12.1 Å². The maximum atomic E-state index is 12.0. The number of thioether (sulfide) groups is 1. The van der Waals surface area contributed by atoms with Crippen molar-refractivity contribution >= 4 is 17.7 Å². The van der Waals surface area contributed by atoms with Gasteiger partial charge in [-0.1, -0.05) is 41.6 Å². The van der Waals surface area contributed by atoms with Gasteiger partial charge in [0, 0.05) is 6.54 Å². The van der Waals surface area contributed by atoms with E-state index in [1.807, 2.05) is 30.3 Å². The molecule has 2 aromatic rings. The molecule has 1 heterocycles. The Labute approximate surface area is 145 Å². The van der Waals surface area contributed by atoms with Gasteiger partial charge >= 0.3 is 0 Å². The fourth-order valence-electron chi connectivity index (χ4n) is 2.68. The van der Waals surface area contributed by atoms with Crippen LogP contribution in [-0.2, 0) is 4.79 Å². The van der Waals surface area contributed by atoms with Crippen molar-refractivity contribution in [1.82, 2.24) is 25.5 Å². The quantitative estimate of drug-likeness (QED) is 0.618. The number of aromatic nitrogens is 4. The smallest absolute Gasteiger partial charge is 0.230 e. The largest absolute Gasteiger partial charge is 0.355 e. The predicted octanol–water partition coefficient (Wildman–Crippen LogP) is 2.76. The summed E-state index contributed by atoms with van der Waals surface area (Å²) in [5.74, 6) is 0.325. The van der Waals surface area contributed by atoms with Crippen molar-refractivity contribution in [3.05, 3.63) is 42.0 Å². The molecule has 1 aromatic heterocycles. The normalized spacial score (nSPS) is 14.2. The van der Waals surface area contributed by atoms with Crippen LogP contribution >= 0.6 is 11.8 Å². The Kier molecular flexibility index (Phi) is 6.01. The topological polar surface area (TPSA) is 72.7 Å². The van der Waals surface area contributed by atoms with E-state index in [-0.39, 0.29) is 5.91 Å². The molecule has 6 nitrogen and oxygen atoms in total. The SMILES string of the molecule is O=C(CSc1nnnn1-c1ccccc1)NCCC1=CCCCC1. The lowest BCUT2D eigenvalue weighted by atomic mass is 9.97. The second-order valence-corrected chi connectivity index (χ2v) is 6.65. The van der Waals surface area contributed by atoms with E-state index in [1.54, 1.807) is 4.68 Å². The van der Waals surface area contributed by atoms with Gasteiger partial charge in [-0.25, -0.2) is 0 Å². The van der Waals surface area contributed by atoms with E-state index in [4.69, 9.17) is 0 Å². The van der Waals surface area contributed by atoms with Gasteiger partial charge in [0.2, 0.25) is 11.1 Å². The summed E-state index contributed by atoms with van der Waals surface area (Å²) in [6, 6.07) is 9.66. The lowest BCUT2D eigenvalue weighted by molar-refractivity contribution is -0.118. The number of hydrogen-bond acceptors (Lipinski definition) is 5. The second-order valence-electron chi connectivity index (χ2n) is 5.71. The number of hydrogen-bond donors (Lipinski definition) is 1. The fraction of sp³-hybridized carbons (Fsp3) is 0.412. The number of nitrogens with one attached hydrogen (secondary N) is 1. The van der Waals surface area contributed by atoms with Crippen molar-refractivity contribution in [3.63, 3.8) is 0 Å². The van der Waals surface area contributed by atoms with E-state index in [0.29, 0.717) is 17.5 Å². The highest BCUT2D eigenvalue weighted by Gasteiger charge is 2.11. The molecule has 1 amide bonds. The molecule has 0 unspecified atom stereocenters. The Bertz CT molecular complexity index is 698. The molecule has 0 saturated heterocycles. The summed E-state index contributed by atoms with van der Waals surface area (Å²) in [5, 5.41) is 15.3. The van der Waals surface area contributed by atoms with Crippen molar-refractivity contribution < 1.29 is 4.79 Å². The van der Waals surface area contributed by atoms with Crippen LogP contribution in [-0.4, -0.2) is 38.4 Å². The molecule has 1 aliphatic carbocycles. The van der Waals surface area contributed by atoms with Crippen LogP contribution in [0.25, 0.3) is 5.69 Å². The number of benzene rings is 1. The average Bonchev–Trinajstić information content (AvgIpc) is 3.10. The van der Waals surface area contributed by atoms with E-state index in [9.17, 15) is 4.79 Å². The van der Waals surface area contributed by atoms with Gasteiger partial charge in [0.1, 0.15) is 0 Å². The van der Waals surface area contributed by atoms with Crippen LogP contribution in [0.5, 0.6) is 0 Å². The van der Waals surface area contributed by atoms with Gasteiger partial charge in [0.05, 0.1) is 11.4 Å². The number of rotatable bonds is 7. The molecule has 0 saturated carbocycles. The minimum atomic E-state index is 0.0130. The lowest BCUT2D eigenvalue weighted by Crippen LogP contribution is -2.26. The standard InChI is InChI=1S/C17H21N5OS/c23-16(18-12-11-14-7-3-1-4-8-14)13-24-17-19-20-21-22(17)15-9-5-2-6-10-15/h2,5-7,9-10H,1,3-4,8,11-13H2,(H,18,23). The summed E-state index contributed by atoms with van der Waals surface area (Å²) in [4.78, 5) is 12.0. The van der Waals surface area contributed by atoms with Crippen LogP contribution in [0, 0.1) is 0 Å². The van der Waals surface area contributed by atoms with E-state index in [1.165, 1.54) is 43.0 Å². The van der Waals surface area contributed by atoms with Crippen LogP contribution in [0.4, 0.5) is 0 Å². The average molecular weight is 343 g/mol. The first-order chi connectivity index (χ1) is 11.8. The Morgan fingerprint density at radius 3 is 2.92 bits per heavy atom. The summed E-state index contributed by atoms with van der Waals surface area (Å²) in [6.07, 6.45) is 8.20. The lowest BCUT2D eigenvalue weighted by Gasteiger charge is -2.12. The molecule has 126 valence electrons. The maximum Gasteiger partial charge on any atom is 0.230 e. The molecule has 0 atom stereocenters. The summed E-state index contributed by atoms with van der Waals surface area (Å²) < 4.78 is 1.64. The Hall–Kier alpha value is -2.15. The molecule has 1 N–H and O–H groups in total. The zero-order valence-electron chi connectivity index (χ0n) is 13.5. The van der Waals surface area contributed by atoms with Crippen molar-refractivity contribution in [3.8, 4) is 5.69 Å². The van der Waals surface area contributed by atoms with Crippen molar-refractivity contribution in [2.75, 3.05) is 12.3 Å². The van der Waals surface area contributed by atoms with Gasteiger partial charge < -0.3 is 5.32 Å². The summed E-state index contributed by atoms with van der Waals surface area (Å²) in [5.41, 5.74) is 2.36. The molecule has 0 radical (unpaired) electrons. The van der Waals surface area contributed by atoms with Crippen molar-refractivity contribution in [1.29, 1.82) is 0 Å². The summed E-state index contributed by atoms with van der Waals surface area (Å²) in [7, 11) is 0. The molecular formula is C17H21N5OS. The van der Waals surface area contributed by atoms with Gasteiger partial charge in [0.15, 0.2) is 0 Å². The molecule has 0 aliphatic heterocycles. The third kappa shape index (κ3) is 4.67. The molecule has 3 rings (SSSR count). The highest BCUT2D eigenvalue weighted by atomic mass is 32.2. The summed E-state index contributed by atoms with van der Waals surface area (Å²) >= 11 is 1.34. The van der Waals surface area contributed by atoms with Gasteiger partial charge in [0.25, 0.3) is 0 Å². The predicted molar refractivity (Wildman–Crippen MR) is 94.1 cm³/mol. The number of amides is 1. The second kappa shape index (κ2) is 8.63. The minimum Gasteiger partial charge on any atom is -0.355 e. The molecule has 0 fully saturated rings. The van der Waals surface area contributed by atoms with Crippen LogP contribution < -0.4 is 5.32 Å². The highest BCUT2D eigenvalue weighted by molar-refractivity contribution is 7.99. The number of nitrogens with zero attached hydrogens (tertiary/aromatic N) is 4. The molecule has 7 heteroatoms. The third-order valence-electron chi connectivity index (χ3n) is 3.93. The van der Waals surface area contributed by atoms with Gasteiger partial charge in [-0.05, 0) is 54.7 Å². The van der Waals surface area contributed by atoms with Gasteiger partial charge in [-0.15, -0.1) is 5.10 Å². The van der Waals surface area contributed by atoms with Crippen LogP contribution in [0.15, 0.2) is 47.1 Å². The Morgan fingerprint density at radius 2 is 2.12 bits per heavy atom. The van der Waals surface area contributed by atoms with Crippen LogP contribution in [0.2, 0.25) is 0 Å². The number of carbonyl (C=O) groups is 1. The number of para-hydroxylation sites is 1. The Balaban J connectivity index is 1.45. The van der Waals surface area contributed by atoms with Crippen molar-refractivity contribution in [2.45, 2.75) is 37.3 Å². The molecular weight excluding hydrogens is 322 g/mol. The fourth-order valence-corrected chi connectivity index (χ4v) is 3.40.